The smallest absolute Gasteiger partial charge is 0.350 e. The first-order chi connectivity index (χ1) is 13.5. The van der Waals surface area contributed by atoms with Crippen molar-refractivity contribution in [3.63, 3.8) is 0 Å². The number of H-pyrrole nitrogens is 1. The third-order valence-electron chi connectivity index (χ3n) is 5.51. The van der Waals surface area contributed by atoms with Crippen molar-refractivity contribution in [3.05, 3.63) is 16.0 Å². The number of nitrogen functional groups attached to an aromatic ring is 1. The van der Waals surface area contributed by atoms with E-state index in [1.807, 2.05) is 0 Å². The average molecular weight is 407 g/mol. The molecule has 2 aromatic heterocycles. The molecular formula is C20H28N3O4S+. The number of aromatic amines is 1. The van der Waals surface area contributed by atoms with Crippen molar-refractivity contribution >= 4 is 39.0 Å². The second-order valence-electron chi connectivity index (χ2n) is 7.60. The molecular weight excluding hydrogens is 378 g/mol. The molecule has 28 heavy (non-hydrogen) atoms. The third-order valence-corrected chi connectivity index (χ3v) is 6.61. The molecule has 1 atom stereocenters. The molecule has 0 amide bonds. The zero-order valence-electron chi connectivity index (χ0n) is 16.7. The van der Waals surface area contributed by atoms with Gasteiger partial charge in [0.2, 0.25) is 0 Å². The molecule has 2 aromatic rings. The van der Waals surface area contributed by atoms with E-state index in [0.717, 1.165) is 41.1 Å². The number of hydrogen-bond acceptors (Lipinski definition) is 7. The summed E-state index contributed by atoms with van der Waals surface area (Å²) in [5.41, 5.74) is 9.32. The summed E-state index contributed by atoms with van der Waals surface area (Å²) in [6.45, 7) is 10.1. The Morgan fingerprint density at radius 2 is 2.11 bits per heavy atom. The number of thiophene rings is 1. The fourth-order valence-corrected chi connectivity index (χ4v) is 5.01. The number of carbonyl (C=O) groups excluding carboxylic acids is 1. The van der Waals surface area contributed by atoms with Gasteiger partial charge in [-0.1, -0.05) is 25.2 Å². The van der Waals surface area contributed by atoms with Crippen LogP contribution in [0.15, 0.2) is 0 Å². The highest BCUT2D eigenvalue weighted by Gasteiger charge is 2.35. The van der Waals surface area contributed by atoms with E-state index in [0.29, 0.717) is 42.9 Å². The fourth-order valence-electron chi connectivity index (χ4n) is 3.97. The summed E-state index contributed by atoms with van der Waals surface area (Å²) in [7, 11) is 0. The molecule has 0 aromatic carbocycles. The van der Waals surface area contributed by atoms with E-state index < -0.39 is 0 Å². The van der Waals surface area contributed by atoms with Crippen LogP contribution in [-0.4, -0.2) is 45.0 Å². The number of esters is 1. The number of morpholine rings is 1. The van der Waals surface area contributed by atoms with Crippen LogP contribution in [0.1, 0.15) is 41.6 Å². The third kappa shape index (κ3) is 3.33. The molecule has 7 nitrogen and oxygen atoms in total. The van der Waals surface area contributed by atoms with Crippen LogP contribution in [-0.2, 0) is 27.2 Å². The highest BCUT2D eigenvalue weighted by atomic mass is 32.1. The van der Waals surface area contributed by atoms with Crippen molar-refractivity contribution in [1.29, 1.82) is 0 Å². The molecule has 152 valence electrons. The van der Waals surface area contributed by atoms with Crippen LogP contribution < -0.4 is 15.6 Å². The van der Waals surface area contributed by atoms with Crippen LogP contribution in [0.25, 0.3) is 10.2 Å². The minimum Gasteiger partial charge on any atom is -0.462 e. The molecule has 4 rings (SSSR count). The molecule has 0 saturated carbocycles. The van der Waals surface area contributed by atoms with Crippen LogP contribution >= 0.6 is 11.3 Å². The topological polar surface area (TPSA) is 88.2 Å². The number of fused-ring (bicyclic) bond motifs is 3. The lowest BCUT2D eigenvalue weighted by Crippen LogP contribution is -2.41. The van der Waals surface area contributed by atoms with Crippen molar-refractivity contribution in [3.8, 4) is 0 Å². The van der Waals surface area contributed by atoms with Crippen molar-refractivity contribution in [2.75, 3.05) is 43.5 Å². The Morgan fingerprint density at radius 1 is 1.36 bits per heavy atom. The van der Waals surface area contributed by atoms with Gasteiger partial charge in [-0.25, -0.2) is 9.78 Å². The van der Waals surface area contributed by atoms with Gasteiger partial charge in [-0.15, -0.1) is 0 Å². The Labute approximate surface area is 168 Å². The minimum absolute atomic E-state index is 0.140. The first-order valence-electron chi connectivity index (χ1n) is 9.91. The Balaban J connectivity index is 1.88. The highest BCUT2D eigenvalue weighted by molar-refractivity contribution is 7.20. The number of hydrogen-bond donors (Lipinski definition) is 1. The Morgan fingerprint density at radius 3 is 2.79 bits per heavy atom. The number of nitrogens with two attached hydrogens (primary N) is 1. The van der Waals surface area contributed by atoms with Crippen LogP contribution in [0.5, 0.6) is 0 Å². The predicted molar refractivity (Wildman–Crippen MR) is 109 cm³/mol. The maximum absolute atomic E-state index is 12.4. The fraction of sp³-hybridized carbons (Fsp3) is 0.600. The summed E-state index contributed by atoms with van der Waals surface area (Å²) in [5, 5.41) is 0.953. The second kappa shape index (κ2) is 7.85. The van der Waals surface area contributed by atoms with Gasteiger partial charge in [0.1, 0.15) is 18.0 Å². The summed E-state index contributed by atoms with van der Waals surface area (Å²) in [6, 6.07) is 0. The van der Waals surface area contributed by atoms with Crippen LogP contribution in [0.2, 0.25) is 0 Å². The number of carbonyl (C=O) groups is 1. The Bertz CT molecular complexity index is 889. The summed E-state index contributed by atoms with van der Waals surface area (Å²) >= 11 is 1.38. The number of nitrogens with zero attached hydrogens (tertiary/aromatic N) is 1. The van der Waals surface area contributed by atoms with Gasteiger partial charge in [0.25, 0.3) is 5.82 Å². The van der Waals surface area contributed by atoms with Crippen molar-refractivity contribution < 1.29 is 24.0 Å². The van der Waals surface area contributed by atoms with E-state index in [9.17, 15) is 4.79 Å². The standard InChI is InChI=1S/C20H27N3O4S/c1-4-26-20(24)17-16(21)15-12-9-14(11(2)3)27-10-13(12)18(22-19(15)28-17)23-5-7-25-8-6-23/h11,14H,4-10,21H2,1-3H3/p+1/t14-/m1/s1. The van der Waals surface area contributed by atoms with Crippen molar-refractivity contribution in [2.24, 2.45) is 5.92 Å². The van der Waals surface area contributed by atoms with Crippen LogP contribution in [0.4, 0.5) is 11.5 Å². The highest BCUT2D eigenvalue weighted by Crippen LogP contribution is 2.41. The molecule has 3 N–H and O–H groups in total. The normalized spacial score (nSPS) is 19.9. The lowest BCUT2D eigenvalue weighted by Gasteiger charge is -2.31. The van der Waals surface area contributed by atoms with Gasteiger partial charge in [0.15, 0.2) is 4.83 Å². The number of ether oxygens (including phenoxy) is 3. The zero-order valence-corrected chi connectivity index (χ0v) is 17.5. The molecule has 1 saturated heterocycles. The molecule has 2 aliphatic rings. The van der Waals surface area contributed by atoms with E-state index in [2.05, 4.69) is 23.7 Å². The molecule has 0 bridgehead atoms. The summed E-state index contributed by atoms with van der Waals surface area (Å²) < 4.78 is 16.9. The average Bonchev–Trinajstić information content (AvgIpc) is 3.04. The first-order valence-corrected chi connectivity index (χ1v) is 10.7. The molecule has 8 heteroatoms. The van der Waals surface area contributed by atoms with E-state index in [1.165, 1.54) is 16.9 Å². The second-order valence-corrected chi connectivity index (χ2v) is 8.62. The molecule has 0 radical (unpaired) electrons. The van der Waals surface area contributed by atoms with E-state index in [-0.39, 0.29) is 12.1 Å². The van der Waals surface area contributed by atoms with Gasteiger partial charge < -0.3 is 19.9 Å². The molecule has 4 heterocycles. The lowest BCUT2D eigenvalue weighted by atomic mass is 9.91. The number of nitrogens with one attached hydrogen (secondary N) is 1. The Kier molecular flexibility index (Phi) is 5.44. The quantitative estimate of drug-likeness (QED) is 0.785. The number of pyridine rings is 1. The van der Waals surface area contributed by atoms with Gasteiger partial charge in [-0.3, -0.25) is 4.90 Å². The maximum Gasteiger partial charge on any atom is 0.350 e. The van der Waals surface area contributed by atoms with Gasteiger partial charge in [-0.2, -0.15) is 0 Å². The molecule has 0 spiro atoms. The molecule has 1 fully saturated rings. The zero-order chi connectivity index (χ0) is 19.8. The van der Waals surface area contributed by atoms with Gasteiger partial charge in [-0.05, 0) is 18.4 Å². The van der Waals surface area contributed by atoms with Gasteiger partial charge >= 0.3 is 5.97 Å². The monoisotopic (exact) mass is 406 g/mol. The number of anilines is 2. The largest absolute Gasteiger partial charge is 0.462 e. The van der Waals surface area contributed by atoms with Crippen LogP contribution in [0.3, 0.4) is 0 Å². The Hall–Kier alpha value is -1.90. The molecule has 0 aliphatic carbocycles. The van der Waals surface area contributed by atoms with Gasteiger partial charge in [0, 0.05) is 6.42 Å². The van der Waals surface area contributed by atoms with E-state index >= 15 is 0 Å². The SMILES string of the molecule is CCOC(=O)c1sc2[nH+]c(N3CCOCC3)c3c(c2c1N)C[C@H](C(C)C)OC3. The molecule has 0 unspecified atom stereocenters. The van der Waals surface area contributed by atoms with E-state index in [1.54, 1.807) is 6.92 Å². The summed E-state index contributed by atoms with van der Waals surface area (Å²) in [6.07, 6.45) is 0.930. The molecule has 2 aliphatic heterocycles. The van der Waals surface area contributed by atoms with Crippen molar-refractivity contribution in [2.45, 2.75) is 39.9 Å². The summed E-state index contributed by atoms with van der Waals surface area (Å²) in [5.74, 6) is 1.11. The van der Waals surface area contributed by atoms with Gasteiger partial charge in [0.05, 0.1) is 49.2 Å². The number of rotatable bonds is 4. The lowest BCUT2D eigenvalue weighted by molar-refractivity contribution is -0.329. The predicted octanol–water partition coefficient (Wildman–Crippen LogP) is 2.41. The number of aromatic nitrogens is 1. The summed E-state index contributed by atoms with van der Waals surface area (Å²) in [4.78, 5) is 19.7. The van der Waals surface area contributed by atoms with E-state index in [4.69, 9.17) is 19.9 Å². The minimum atomic E-state index is -0.358. The first kappa shape index (κ1) is 19.4. The maximum atomic E-state index is 12.4. The van der Waals surface area contributed by atoms with Crippen LogP contribution in [0, 0.1) is 5.92 Å². The van der Waals surface area contributed by atoms with Crippen molar-refractivity contribution in [1.82, 2.24) is 0 Å².